The van der Waals surface area contributed by atoms with E-state index in [0.717, 1.165) is 12.8 Å². The van der Waals surface area contributed by atoms with E-state index in [-0.39, 0.29) is 17.2 Å². The van der Waals surface area contributed by atoms with Gasteiger partial charge in [0.05, 0.1) is 19.1 Å². The van der Waals surface area contributed by atoms with Crippen LogP contribution < -0.4 is 0 Å². The number of likely N-dealkylation sites (tertiary alicyclic amines) is 1. The molecule has 1 atom stereocenters. The highest BCUT2D eigenvalue weighted by Gasteiger charge is 2.50. The van der Waals surface area contributed by atoms with Crippen LogP contribution in [-0.2, 0) is 14.8 Å². The van der Waals surface area contributed by atoms with Crippen LogP contribution in [0.1, 0.15) is 23.3 Å². The Kier molecular flexibility index (Phi) is 5.08. The second kappa shape index (κ2) is 6.97. The summed E-state index contributed by atoms with van der Waals surface area (Å²) in [5, 5.41) is 0. The first-order valence-corrected chi connectivity index (χ1v) is 10.2. The monoisotopic (exact) mass is 368 g/mol. The van der Waals surface area contributed by atoms with Crippen molar-refractivity contribution in [1.29, 1.82) is 0 Å². The molecule has 2 fully saturated rings. The SMILES string of the molecule is COCC1CN(S(C)(=O)=O)CC12CCN(C(=O)c1cnccn1)CC2. The fourth-order valence-corrected chi connectivity index (χ4v) is 4.90. The molecule has 2 aliphatic rings. The second-order valence-electron chi connectivity index (χ2n) is 6.95. The molecule has 0 bridgehead atoms. The third-order valence-corrected chi connectivity index (χ3v) is 6.66. The van der Waals surface area contributed by atoms with E-state index in [1.165, 1.54) is 24.8 Å². The summed E-state index contributed by atoms with van der Waals surface area (Å²) in [6, 6.07) is 0. The lowest BCUT2D eigenvalue weighted by atomic mass is 9.71. The second-order valence-corrected chi connectivity index (χ2v) is 8.94. The number of nitrogens with zero attached hydrogens (tertiary/aromatic N) is 4. The summed E-state index contributed by atoms with van der Waals surface area (Å²) in [6.45, 7) is 2.71. The number of methoxy groups -OCH3 is 1. The summed E-state index contributed by atoms with van der Waals surface area (Å²) >= 11 is 0. The first-order valence-electron chi connectivity index (χ1n) is 8.35. The molecule has 25 heavy (non-hydrogen) atoms. The van der Waals surface area contributed by atoms with E-state index in [2.05, 4.69) is 9.97 Å². The quantitative estimate of drug-likeness (QED) is 0.756. The highest BCUT2D eigenvalue weighted by Crippen LogP contribution is 2.45. The van der Waals surface area contributed by atoms with Crippen molar-refractivity contribution in [2.75, 3.05) is 46.2 Å². The van der Waals surface area contributed by atoms with E-state index in [9.17, 15) is 13.2 Å². The van der Waals surface area contributed by atoms with Crippen molar-refractivity contribution in [2.24, 2.45) is 11.3 Å². The van der Waals surface area contributed by atoms with Crippen molar-refractivity contribution in [1.82, 2.24) is 19.2 Å². The molecule has 0 aliphatic carbocycles. The Balaban J connectivity index is 1.71. The van der Waals surface area contributed by atoms with Crippen LogP contribution in [0.3, 0.4) is 0 Å². The number of carbonyl (C=O) groups is 1. The van der Waals surface area contributed by atoms with Gasteiger partial charge in [0, 0.05) is 51.6 Å². The zero-order valence-corrected chi connectivity index (χ0v) is 15.4. The molecule has 1 unspecified atom stereocenters. The van der Waals surface area contributed by atoms with E-state index in [4.69, 9.17) is 4.74 Å². The van der Waals surface area contributed by atoms with E-state index in [1.807, 2.05) is 0 Å². The number of amides is 1. The topological polar surface area (TPSA) is 92.7 Å². The number of rotatable bonds is 4. The lowest BCUT2D eigenvalue weighted by Gasteiger charge is -2.42. The molecule has 0 aromatic carbocycles. The molecule has 2 saturated heterocycles. The minimum absolute atomic E-state index is 0.121. The Morgan fingerprint density at radius 3 is 2.64 bits per heavy atom. The van der Waals surface area contributed by atoms with Gasteiger partial charge in [-0.05, 0) is 18.3 Å². The van der Waals surface area contributed by atoms with E-state index < -0.39 is 10.0 Å². The van der Waals surface area contributed by atoms with Crippen molar-refractivity contribution in [3.8, 4) is 0 Å². The number of hydrogen-bond donors (Lipinski definition) is 0. The molecule has 0 radical (unpaired) electrons. The summed E-state index contributed by atoms with van der Waals surface area (Å²) in [4.78, 5) is 22.3. The van der Waals surface area contributed by atoms with Crippen LogP contribution in [0.5, 0.6) is 0 Å². The minimum atomic E-state index is -3.22. The molecule has 1 spiro atoms. The standard InChI is InChI=1S/C16H24N4O4S/c1-24-11-13-10-20(25(2,22)23)12-16(13)3-7-19(8-4-16)15(21)14-9-17-5-6-18-14/h5-6,9,13H,3-4,7-8,10-12H2,1-2H3. The summed E-state index contributed by atoms with van der Waals surface area (Å²) in [5.41, 5.74) is 0.217. The zero-order valence-electron chi connectivity index (χ0n) is 14.6. The predicted molar refractivity (Wildman–Crippen MR) is 91.4 cm³/mol. The van der Waals surface area contributed by atoms with Gasteiger partial charge in [-0.15, -0.1) is 0 Å². The number of carbonyl (C=O) groups excluding carboxylic acids is 1. The van der Waals surface area contributed by atoms with Crippen LogP contribution in [0.15, 0.2) is 18.6 Å². The summed E-state index contributed by atoms with van der Waals surface area (Å²) < 4.78 is 30.8. The average Bonchev–Trinajstić information content (AvgIpc) is 2.95. The molecule has 3 rings (SSSR count). The first-order chi connectivity index (χ1) is 11.9. The smallest absolute Gasteiger partial charge is 0.274 e. The number of aromatic nitrogens is 2. The Morgan fingerprint density at radius 1 is 1.36 bits per heavy atom. The maximum atomic E-state index is 12.5. The molecule has 0 N–H and O–H groups in total. The van der Waals surface area contributed by atoms with Crippen LogP contribution in [0.25, 0.3) is 0 Å². The van der Waals surface area contributed by atoms with Crippen molar-refractivity contribution < 1.29 is 17.9 Å². The molecular formula is C16H24N4O4S. The van der Waals surface area contributed by atoms with Crippen LogP contribution in [0, 0.1) is 11.3 Å². The maximum Gasteiger partial charge on any atom is 0.274 e. The van der Waals surface area contributed by atoms with Gasteiger partial charge in [-0.1, -0.05) is 0 Å². The fraction of sp³-hybridized carbons (Fsp3) is 0.688. The van der Waals surface area contributed by atoms with Gasteiger partial charge in [-0.2, -0.15) is 0 Å². The molecule has 138 valence electrons. The van der Waals surface area contributed by atoms with Crippen LogP contribution in [0.4, 0.5) is 0 Å². The Hall–Kier alpha value is -1.58. The van der Waals surface area contributed by atoms with Gasteiger partial charge in [0.25, 0.3) is 5.91 Å². The summed E-state index contributed by atoms with van der Waals surface area (Å²) in [5.74, 6) is 0.0326. The van der Waals surface area contributed by atoms with Crippen LogP contribution in [0.2, 0.25) is 0 Å². The lowest BCUT2D eigenvalue weighted by Crippen LogP contribution is -2.47. The van der Waals surface area contributed by atoms with Crippen molar-refractivity contribution in [2.45, 2.75) is 12.8 Å². The molecule has 9 heteroatoms. The third-order valence-electron chi connectivity index (χ3n) is 5.45. The minimum Gasteiger partial charge on any atom is -0.384 e. The van der Waals surface area contributed by atoms with E-state index in [0.29, 0.717) is 38.5 Å². The number of piperidine rings is 1. The van der Waals surface area contributed by atoms with Gasteiger partial charge in [-0.25, -0.2) is 17.7 Å². The zero-order chi connectivity index (χ0) is 18.1. The molecule has 2 aliphatic heterocycles. The Morgan fingerprint density at radius 2 is 2.08 bits per heavy atom. The normalized spacial score (nSPS) is 23.9. The van der Waals surface area contributed by atoms with Crippen molar-refractivity contribution >= 4 is 15.9 Å². The van der Waals surface area contributed by atoms with Gasteiger partial charge in [-0.3, -0.25) is 9.78 Å². The lowest BCUT2D eigenvalue weighted by molar-refractivity contribution is 0.0324. The van der Waals surface area contributed by atoms with Gasteiger partial charge in [0.15, 0.2) is 0 Å². The van der Waals surface area contributed by atoms with Gasteiger partial charge < -0.3 is 9.64 Å². The Labute approximate surface area is 148 Å². The van der Waals surface area contributed by atoms with Crippen molar-refractivity contribution in [3.05, 3.63) is 24.3 Å². The van der Waals surface area contributed by atoms with Gasteiger partial charge in [0.1, 0.15) is 5.69 Å². The molecule has 3 heterocycles. The van der Waals surface area contributed by atoms with Crippen LogP contribution in [-0.4, -0.2) is 79.6 Å². The average molecular weight is 368 g/mol. The number of sulfonamides is 1. The van der Waals surface area contributed by atoms with Gasteiger partial charge in [0.2, 0.25) is 10.0 Å². The molecule has 1 amide bonds. The molecule has 8 nitrogen and oxygen atoms in total. The third kappa shape index (κ3) is 3.68. The summed E-state index contributed by atoms with van der Waals surface area (Å²) in [7, 11) is -1.58. The number of hydrogen-bond acceptors (Lipinski definition) is 6. The highest BCUT2D eigenvalue weighted by molar-refractivity contribution is 7.88. The fourth-order valence-electron chi connectivity index (χ4n) is 3.96. The molecular weight excluding hydrogens is 344 g/mol. The Bertz CT molecular complexity index is 717. The van der Waals surface area contributed by atoms with E-state index in [1.54, 1.807) is 16.3 Å². The van der Waals surface area contributed by atoms with E-state index >= 15 is 0 Å². The van der Waals surface area contributed by atoms with Crippen LogP contribution >= 0.6 is 0 Å². The highest BCUT2D eigenvalue weighted by atomic mass is 32.2. The predicted octanol–water partition coefficient (Wildman–Crippen LogP) is 0.237. The number of ether oxygens (including phenoxy) is 1. The first kappa shape index (κ1) is 18.2. The maximum absolute atomic E-state index is 12.5. The van der Waals surface area contributed by atoms with Crippen molar-refractivity contribution in [3.63, 3.8) is 0 Å². The molecule has 0 saturated carbocycles. The summed E-state index contributed by atoms with van der Waals surface area (Å²) in [6.07, 6.45) is 7.30. The van der Waals surface area contributed by atoms with Gasteiger partial charge >= 0.3 is 0 Å². The largest absolute Gasteiger partial charge is 0.384 e. The molecule has 1 aromatic rings. The molecule has 1 aromatic heterocycles.